The summed E-state index contributed by atoms with van der Waals surface area (Å²) in [6.45, 7) is 2.51. The van der Waals surface area contributed by atoms with Crippen LogP contribution in [0.3, 0.4) is 0 Å². The van der Waals surface area contributed by atoms with Crippen LogP contribution in [0, 0.1) is 6.92 Å². The van der Waals surface area contributed by atoms with Gasteiger partial charge in [-0.15, -0.1) is 0 Å². The molecule has 2 N–H and O–H groups in total. The molecule has 0 spiro atoms. The van der Waals surface area contributed by atoms with Crippen molar-refractivity contribution in [2.24, 2.45) is 0 Å². The van der Waals surface area contributed by atoms with Crippen LogP contribution in [0.15, 0.2) is 6.07 Å². The fourth-order valence-electron chi connectivity index (χ4n) is 1.32. The Balaban J connectivity index is 2.36. The van der Waals surface area contributed by atoms with E-state index in [0.717, 1.165) is 12.1 Å². The predicted molar refractivity (Wildman–Crippen MR) is 63.3 cm³/mol. The molecule has 1 aromatic heterocycles. The molecular formula is C11H17N3O3. The van der Waals surface area contributed by atoms with E-state index >= 15 is 0 Å². The molecule has 0 radical (unpaired) electrons. The lowest BCUT2D eigenvalue weighted by Gasteiger charge is -2.06. The Kier molecular flexibility index (Phi) is 5.19. The Bertz CT molecular complexity index is 382. The SMILES string of the molecule is COc1cc(C)nc(NCCCCC(=O)O)n1. The van der Waals surface area contributed by atoms with Gasteiger partial charge in [-0.3, -0.25) is 4.79 Å². The zero-order chi connectivity index (χ0) is 12.7. The van der Waals surface area contributed by atoms with Crippen LogP contribution in [0.5, 0.6) is 5.88 Å². The number of ether oxygens (including phenoxy) is 1. The number of unbranched alkanes of at least 4 members (excludes halogenated alkanes) is 1. The average molecular weight is 239 g/mol. The van der Waals surface area contributed by atoms with Gasteiger partial charge in [0.25, 0.3) is 0 Å². The normalized spacial score (nSPS) is 10.0. The van der Waals surface area contributed by atoms with E-state index in [0.29, 0.717) is 24.8 Å². The molecule has 0 bridgehead atoms. The van der Waals surface area contributed by atoms with Gasteiger partial charge in [0.1, 0.15) is 0 Å². The molecule has 6 nitrogen and oxygen atoms in total. The quantitative estimate of drug-likeness (QED) is 0.701. The first-order chi connectivity index (χ1) is 8.11. The van der Waals surface area contributed by atoms with Gasteiger partial charge < -0.3 is 15.2 Å². The maximum atomic E-state index is 10.3. The molecule has 94 valence electrons. The minimum Gasteiger partial charge on any atom is -0.481 e. The van der Waals surface area contributed by atoms with Crippen LogP contribution >= 0.6 is 0 Å². The number of hydrogen-bond donors (Lipinski definition) is 2. The first-order valence-corrected chi connectivity index (χ1v) is 5.47. The largest absolute Gasteiger partial charge is 0.481 e. The zero-order valence-corrected chi connectivity index (χ0v) is 10.1. The number of carbonyl (C=O) groups is 1. The van der Waals surface area contributed by atoms with E-state index in [2.05, 4.69) is 15.3 Å². The molecule has 0 amide bonds. The fraction of sp³-hybridized carbons (Fsp3) is 0.545. The van der Waals surface area contributed by atoms with Gasteiger partial charge in [0.15, 0.2) is 0 Å². The Hall–Kier alpha value is -1.85. The molecule has 0 aliphatic rings. The van der Waals surface area contributed by atoms with Crippen molar-refractivity contribution in [3.05, 3.63) is 11.8 Å². The second-order valence-corrected chi connectivity index (χ2v) is 3.65. The first kappa shape index (κ1) is 13.2. The Morgan fingerprint density at radius 2 is 2.24 bits per heavy atom. The van der Waals surface area contributed by atoms with Gasteiger partial charge in [-0.2, -0.15) is 4.98 Å². The standard InChI is InChI=1S/C11H17N3O3/c1-8-7-9(17-2)14-11(13-8)12-6-4-3-5-10(15)16/h7H,3-6H2,1-2H3,(H,15,16)(H,12,13,14). The molecule has 1 heterocycles. The second-order valence-electron chi connectivity index (χ2n) is 3.65. The van der Waals surface area contributed by atoms with Crippen LogP contribution in [0.1, 0.15) is 25.0 Å². The summed E-state index contributed by atoms with van der Waals surface area (Å²) in [5, 5.41) is 11.5. The smallest absolute Gasteiger partial charge is 0.303 e. The van der Waals surface area contributed by atoms with Crippen molar-refractivity contribution in [3.63, 3.8) is 0 Å². The van der Waals surface area contributed by atoms with E-state index in [4.69, 9.17) is 9.84 Å². The van der Waals surface area contributed by atoms with Gasteiger partial charge in [-0.1, -0.05) is 0 Å². The summed E-state index contributed by atoms with van der Waals surface area (Å²) < 4.78 is 5.03. The average Bonchev–Trinajstić information content (AvgIpc) is 2.27. The summed E-state index contributed by atoms with van der Waals surface area (Å²) in [4.78, 5) is 18.6. The molecule has 0 aromatic carbocycles. The van der Waals surface area contributed by atoms with Crippen LogP contribution in [0.25, 0.3) is 0 Å². The van der Waals surface area contributed by atoms with E-state index in [-0.39, 0.29) is 6.42 Å². The van der Waals surface area contributed by atoms with Crippen LogP contribution in [0.2, 0.25) is 0 Å². The molecule has 0 saturated heterocycles. The molecule has 0 atom stereocenters. The third kappa shape index (κ3) is 5.14. The summed E-state index contributed by atoms with van der Waals surface area (Å²) in [6, 6.07) is 1.75. The van der Waals surface area contributed by atoms with Crippen LogP contribution in [-0.2, 0) is 4.79 Å². The van der Waals surface area contributed by atoms with Gasteiger partial charge in [0, 0.05) is 24.7 Å². The number of aliphatic carboxylic acids is 1. The lowest BCUT2D eigenvalue weighted by molar-refractivity contribution is -0.137. The number of aromatic nitrogens is 2. The molecule has 1 rings (SSSR count). The van der Waals surface area contributed by atoms with Crippen molar-refractivity contribution in [1.82, 2.24) is 9.97 Å². The fourth-order valence-corrected chi connectivity index (χ4v) is 1.32. The third-order valence-electron chi connectivity index (χ3n) is 2.14. The van der Waals surface area contributed by atoms with E-state index in [1.54, 1.807) is 13.2 Å². The van der Waals surface area contributed by atoms with E-state index in [1.165, 1.54) is 0 Å². The molecular weight excluding hydrogens is 222 g/mol. The molecule has 0 aliphatic carbocycles. The highest BCUT2D eigenvalue weighted by molar-refractivity contribution is 5.66. The van der Waals surface area contributed by atoms with Crippen molar-refractivity contribution in [3.8, 4) is 5.88 Å². The van der Waals surface area contributed by atoms with Gasteiger partial charge >= 0.3 is 5.97 Å². The second kappa shape index (κ2) is 6.67. The molecule has 0 saturated carbocycles. The van der Waals surface area contributed by atoms with Crippen molar-refractivity contribution in [1.29, 1.82) is 0 Å². The summed E-state index contributed by atoms with van der Waals surface area (Å²) in [6.07, 6.45) is 1.61. The maximum absolute atomic E-state index is 10.3. The van der Waals surface area contributed by atoms with E-state index in [9.17, 15) is 4.79 Å². The van der Waals surface area contributed by atoms with Crippen LogP contribution in [-0.4, -0.2) is 34.7 Å². The topological polar surface area (TPSA) is 84.3 Å². The number of carboxylic acids is 1. The minimum atomic E-state index is -0.765. The van der Waals surface area contributed by atoms with Crippen molar-refractivity contribution in [2.75, 3.05) is 19.0 Å². The number of hydrogen-bond acceptors (Lipinski definition) is 5. The Labute approximate surface area is 100 Å². The van der Waals surface area contributed by atoms with Gasteiger partial charge in [0.2, 0.25) is 11.8 Å². The molecule has 0 aliphatic heterocycles. The van der Waals surface area contributed by atoms with Gasteiger partial charge in [0.05, 0.1) is 7.11 Å². The van der Waals surface area contributed by atoms with Gasteiger partial charge in [-0.05, 0) is 19.8 Å². The summed E-state index contributed by atoms with van der Waals surface area (Å²) in [5.74, 6) is 0.265. The highest BCUT2D eigenvalue weighted by Gasteiger charge is 2.02. The maximum Gasteiger partial charge on any atom is 0.303 e. The number of carboxylic acid groups (broad SMARTS) is 1. The number of nitrogens with one attached hydrogen (secondary N) is 1. The monoisotopic (exact) mass is 239 g/mol. The number of nitrogens with zero attached hydrogens (tertiary/aromatic N) is 2. The highest BCUT2D eigenvalue weighted by Crippen LogP contribution is 2.11. The Morgan fingerprint density at radius 3 is 2.88 bits per heavy atom. The third-order valence-corrected chi connectivity index (χ3v) is 2.14. The lowest BCUT2D eigenvalue weighted by atomic mass is 10.2. The van der Waals surface area contributed by atoms with Crippen molar-refractivity contribution in [2.45, 2.75) is 26.2 Å². The summed E-state index contributed by atoms with van der Waals surface area (Å²) in [7, 11) is 1.55. The van der Waals surface area contributed by atoms with E-state index < -0.39 is 5.97 Å². The molecule has 0 fully saturated rings. The lowest BCUT2D eigenvalue weighted by Crippen LogP contribution is -2.07. The predicted octanol–water partition coefficient (Wildman–Crippen LogP) is 1.46. The molecule has 6 heteroatoms. The molecule has 17 heavy (non-hydrogen) atoms. The van der Waals surface area contributed by atoms with Crippen LogP contribution < -0.4 is 10.1 Å². The Morgan fingerprint density at radius 1 is 1.47 bits per heavy atom. The highest BCUT2D eigenvalue weighted by atomic mass is 16.5. The van der Waals surface area contributed by atoms with E-state index in [1.807, 2.05) is 6.92 Å². The number of anilines is 1. The van der Waals surface area contributed by atoms with Crippen molar-refractivity contribution < 1.29 is 14.6 Å². The number of rotatable bonds is 7. The molecule has 1 aromatic rings. The van der Waals surface area contributed by atoms with Crippen molar-refractivity contribution >= 4 is 11.9 Å². The molecule has 0 unspecified atom stereocenters. The zero-order valence-electron chi connectivity index (χ0n) is 10.1. The first-order valence-electron chi connectivity index (χ1n) is 5.47. The number of methoxy groups -OCH3 is 1. The summed E-state index contributed by atoms with van der Waals surface area (Å²) >= 11 is 0. The summed E-state index contributed by atoms with van der Waals surface area (Å²) in [5.41, 5.74) is 0.824. The van der Waals surface area contributed by atoms with Gasteiger partial charge in [-0.25, -0.2) is 4.98 Å². The number of aryl methyl sites for hydroxylation is 1. The van der Waals surface area contributed by atoms with Crippen LogP contribution in [0.4, 0.5) is 5.95 Å². The minimum absolute atomic E-state index is 0.194.